The number of ether oxygens (including phenoxy) is 3. The monoisotopic (exact) mass is 381 g/mol. The van der Waals surface area contributed by atoms with Crippen molar-refractivity contribution in [2.24, 2.45) is 5.10 Å². The summed E-state index contributed by atoms with van der Waals surface area (Å²) in [7, 11) is 1.58. The molecule has 0 spiro atoms. The molecule has 2 N–H and O–H groups in total. The van der Waals surface area contributed by atoms with Crippen LogP contribution in [0, 0.1) is 0 Å². The van der Waals surface area contributed by atoms with Crippen LogP contribution in [-0.2, 0) is 0 Å². The summed E-state index contributed by atoms with van der Waals surface area (Å²) in [5, 5.41) is 4.92. The summed E-state index contributed by atoms with van der Waals surface area (Å²) in [6.45, 7) is 4.98. The maximum atomic E-state index is 12.3. The molecule has 7 nitrogen and oxygen atoms in total. The predicted octanol–water partition coefficient (Wildman–Crippen LogP) is 3.74. The van der Waals surface area contributed by atoms with E-state index < -0.39 is 0 Å². The Balaban J connectivity index is 1.68. The fourth-order valence-corrected chi connectivity index (χ4v) is 2.75. The highest BCUT2D eigenvalue weighted by atomic mass is 16.5. The number of aromatic amines is 1. The van der Waals surface area contributed by atoms with Crippen molar-refractivity contribution < 1.29 is 19.0 Å². The zero-order valence-corrected chi connectivity index (χ0v) is 16.1. The van der Waals surface area contributed by atoms with Crippen molar-refractivity contribution in [3.8, 4) is 17.2 Å². The molecule has 0 fully saturated rings. The molecule has 146 valence electrons. The molecule has 0 atom stereocenters. The number of methoxy groups -OCH3 is 1. The molecule has 0 bridgehead atoms. The van der Waals surface area contributed by atoms with Crippen molar-refractivity contribution in [3.05, 3.63) is 53.7 Å². The molecule has 2 aromatic carbocycles. The second-order valence-corrected chi connectivity index (χ2v) is 5.91. The highest BCUT2D eigenvalue weighted by molar-refractivity contribution is 5.98. The topological polar surface area (TPSA) is 84.9 Å². The number of aromatic nitrogens is 1. The van der Waals surface area contributed by atoms with E-state index in [-0.39, 0.29) is 5.91 Å². The van der Waals surface area contributed by atoms with Gasteiger partial charge in [0, 0.05) is 10.9 Å². The Bertz CT molecular complexity index is 994. The first-order chi connectivity index (χ1) is 13.6. The zero-order chi connectivity index (χ0) is 19.9. The molecule has 1 heterocycles. The van der Waals surface area contributed by atoms with Gasteiger partial charge in [-0.25, -0.2) is 5.43 Å². The lowest BCUT2D eigenvalue weighted by Crippen LogP contribution is -2.17. The number of nitrogens with zero attached hydrogens (tertiary/aromatic N) is 1. The Kier molecular flexibility index (Phi) is 6.16. The number of benzene rings is 2. The van der Waals surface area contributed by atoms with Gasteiger partial charge in [0.2, 0.25) is 0 Å². The molecule has 0 radical (unpaired) electrons. The molecular weight excluding hydrogens is 358 g/mol. The third-order valence-electron chi connectivity index (χ3n) is 4.02. The Labute approximate surface area is 163 Å². The molecule has 0 aliphatic carbocycles. The number of fused-ring (bicyclic) bond motifs is 1. The van der Waals surface area contributed by atoms with Crippen LogP contribution in [0.5, 0.6) is 17.2 Å². The number of hydrogen-bond donors (Lipinski definition) is 2. The number of amides is 1. The van der Waals surface area contributed by atoms with E-state index in [1.807, 2.05) is 38.1 Å². The van der Waals surface area contributed by atoms with Crippen LogP contribution in [0.15, 0.2) is 47.6 Å². The quantitative estimate of drug-likeness (QED) is 0.460. The maximum absolute atomic E-state index is 12.3. The van der Waals surface area contributed by atoms with Gasteiger partial charge in [0.15, 0.2) is 11.5 Å². The van der Waals surface area contributed by atoms with Crippen LogP contribution in [0.3, 0.4) is 0 Å². The molecular formula is C21H23N3O4. The molecule has 0 saturated heterocycles. The largest absolute Gasteiger partial charge is 0.494 e. The molecule has 0 unspecified atom stereocenters. The molecule has 3 rings (SSSR count). The van der Waals surface area contributed by atoms with Gasteiger partial charge in [-0.1, -0.05) is 0 Å². The maximum Gasteiger partial charge on any atom is 0.287 e. The SMILES string of the molecule is CCOc1ccc2[nH]c(C(=O)N/N=C\c3ccc(OCC)c(OC)c3)cc2c1. The van der Waals surface area contributed by atoms with Gasteiger partial charge in [-0.2, -0.15) is 5.10 Å². The smallest absolute Gasteiger partial charge is 0.287 e. The number of carbonyl (C=O) groups excluding carboxylic acids is 1. The average Bonchev–Trinajstić information content (AvgIpc) is 3.13. The Morgan fingerprint density at radius 1 is 1.07 bits per heavy atom. The lowest BCUT2D eigenvalue weighted by atomic mass is 10.2. The third-order valence-corrected chi connectivity index (χ3v) is 4.02. The number of H-pyrrole nitrogens is 1. The van der Waals surface area contributed by atoms with E-state index in [9.17, 15) is 4.79 Å². The summed E-state index contributed by atoms with van der Waals surface area (Å²) in [5.74, 6) is 1.71. The predicted molar refractivity (Wildman–Crippen MR) is 109 cm³/mol. The number of hydrazone groups is 1. The van der Waals surface area contributed by atoms with Gasteiger partial charge in [0.25, 0.3) is 5.91 Å². The minimum Gasteiger partial charge on any atom is -0.494 e. The van der Waals surface area contributed by atoms with Crippen LogP contribution >= 0.6 is 0 Å². The normalized spacial score (nSPS) is 11.0. The van der Waals surface area contributed by atoms with Crippen molar-refractivity contribution >= 4 is 23.0 Å². The van der Waals surface area contributed by atoms with Gasteiger partial charge in [-0.15, -0.1) is 0 Å². The van der Waals surface area contributed by atoms with Crippen LogP contribution in [0.1, 0.15) is 29.9 Å². The summed E-state index contributed by atoms with van der Waals surface area (Å²) >= 11 is 0. The summed E-state index contributed by atoms with van der Waals surface area (Å²) in [4.78, 5) is 15.4. The highest BCUT2D eigenvalue weighted by Gasteiger charge is 2.09. The highest BCUT2D eigenvalue weighted by Crippen LogP contribution is 2.27. The minimum absolute atomic E-state index is 0.330. The Morgan fingerprint density at radius 3 is 2.64 bits per heavy atom. The van der Waals surface area contributed by atoms with Gasteiger partial charge < -0.3 is 19.2 Å². The zero-order valence-electron chi connectivity index (χ0n) is 16.1. The van der Waals surface area contributed by atoms with E-state index in [1.165, 1.54) is 0 Å². The first-order valence-corrected chi connectivity index (χ1v) is 9.04. The summed E-state index contributed by atoms with van der Waals surface area (Å²) < 4.78 is 16.3. The van der Waals surface area contributed by atoms with E-state index in [0.717, 1.165) is 22.2 Å². The molecule has 7 heteroatoms. The van der Waals surface area contributed by atoms with Crippen LogP contribution in [0.4, 0.5) is 0 Å². The molecule has 1 aromatic heterocycles. The summed E-state index contributed by atoms with van der Waals surface area (Å²) in [6.07, 6.45) is 1.55. The van der Waals surface area contributed by atoms with E-state index >= 15 is 0 Å². The Morgan fingerprint density at radius 2 is 1.89 bits per heavy atom. The second kappa shape index (κ2) is 8.94. The average molecular weight is 381 g/mol. The van der Waals surface area contributed by atoms with E-state index in [4.69, 9.17) is 14.2 Å². The van der Waals surface area contributed by atoms with Crippen molar-refractivity contribution in [1.82, 2.24) is 10.4 Å². The minimum atomic E-state index is -0.330. The van der Waals surface area contributed by atoms with E-state index in [1.54, 1.807) is 31.5 Å². The van der Waals surface area contributed by atoms with E-state index in [0.29, 0.717) is 30.4 Å². The van der Waals surface area contributed by atoms with Gasteiger partial charge in [-0.05, 0) is 61.9 Å². The number of nitrogens with one attached hydrogen (secondary N) is 2. The first-order valence-electron chi connectivity index (χ1n) is 9.04. The Hall–Kier alpha value is -3.48. The molecule has 0 aliphatic heterocycles. The van der Waals surface area contributed by atoms with Gasteiger partial charge >= 0.3 is 0 Å². The summed E-state index contributed by atoms with van der Waals surface area (Å²) in [5.41, 5.74) is 4.57. The van der Waals surface area contributed by atoms with Crippen LogP contribution in [0.2, 0.25) is 0 Å². The van der Waals surface area contributed by atoms with Crippen LogP contribution in [-0.4, -0.2) is 37.4 Å². The second-order valence-electron chi connectivity index (χ2n) is 5.91. The van der Waals surface area contributed by atoms with Crippen molar-refractivity contribution in [2.45, 2.75) is 13.8 Å². The van der Waals surface area contributed by atoms with Gasteiger partial charge in [-0.3, -0.25) is 4.79 Å². The molecule has 28 heavy (non-hydrogen) atoms. The number of carbonyl (C=O) groups is 1. The molecule has 1 amide bonds. The molecule has 0 aliphatic rings. The van der Waals surface area contributed by atoms with Crippen LogP contribution < -0.4 is 19.6 Å². The van der Waals surface area contributed by atoms with Gasteiger partial charge in [0.05, 0.1) is 26.5 Å². The number of rotatable bonds is 8. The number of hydrogen-bond acceptors (Lipinski definition) is 5. The van der Waals surface area contributed by atoms with Crippen molar-refractivity contribution in [2.75, 3.05) is 20.3 Å². The first kappa shape index (κ1) is 19.3. The lowest BCUT2D eigenvalue weighted by molar-refractivity contribution is 0.0951. The third kappa shape index (κ3) is 4.43. The fraction of sp³-hybridized carbons (Fsp3) is 0.238. The van der Waals surface area contributed by atoms with Crippen molar-refractivity contribution in [1.29, 1.82) is 0 Å². The lowest BCUT2D eigenvalue weighted by Gasteiger charge is -2.09. The van der Waals surface area contributed by atoms with E-state index in [2.05, 4.69) is 15.5 Å². The molecule has 0 saturated carbocycles. The summed E-state index contributed by atoms with van der Waals surface area (Å²) in [6, 6.07) is 12.8. The van der Waals surface area contributed by atoms with Crippen molar-refractivity contribution in [3.63, 3.8) is 0 Å². The molecule has 3 aromatic rings. The standard InChI is InChI=1S/C21H23N3O4/c1-4-27-16-7-8-17-15(11-16)12-18(23-17)21(25)24-22-13-14-6-9-19(28-5-2)20(10-14)26-3/h6-13,23H,4-5H2,1-3H3,(H,24,25)/b22-13-. The fourth-order valence-electron chi connectivity index (χ4n) is 2.75. The van der Waals surface area contributed by atoms with Crippen LogP contribution in [0.25, 0.3) is 10.9 Å². The van der Waals surface area contributed by atoms with Gasteiger partial charge in [0.1, 0.15) is 11.4 Å².